The van der Waals surface area contributed by atoms with E-state index in [9.17, 15) is 9.59 Å². The molecule has 0 aliphatic carbocycles. The minimum atomic E-state index is -0.178. The number of hydrogen-bond donors (Lipinski definition) is 1. The molecular weight excluding hydrogens is 288 g/mol. The van der Waals surface area contributed by atoms with Gasteiger partial charge in [-0.1, -0.05) is 48.5 Å². The molecule has 0 saturated carbocycles. The zero-order chi connectivity index (χ0) is 16.7. The first-order valence-electron chi connectivity index (χ1n) is 7.71. The van der Waals surface area contributed by atoms with E-state index in [-0.39, 0.29) is 18.4 Å². The summed E-state index contributed by atoms with van der Waals surface area (Å²) < 4.78 is 0. The minimum Gasteiger partial charge on any atom is -0.333 e. The molecule has 4 heteroatoms. The Labute approximate surface area is 137 Å². The number of benzene rings is 2. The number of aryl methyl sites for hydroxylation is 1. The Morgan fingerprint density at radius 3 is 2.30 bits per heavy atom. The molecule has 0 unspecified atom stereocenters. The summed E-state index contributed by atoms with van der Waals surface area (Å²) >= 11 is 0. The number of carbonyl (C=O) groups is 2. The average Bonchev–Trinajstić information content (AvgIpc) is 2.54. The molecule has 23 heavy (non-hydrogen) atoms. The number of nitrogens with one attached hydrogen (secondary N) is 1. The molecule has 120 valence electrons. The van der Waals surface area contributed by atoms with Crippen LogP contribution in [0, 0.1) is 6.92 Å². The van der Waals surface area contributed by atoms with Crippen LogP contribution in [-0.4, -0.2) is 29.8 Å². The van der Waals surface area contributed by atoms with Crippen LogP contribution < -0.4 is 5.32 Å². The molecule has 0 aliphatic heterocycles. The van der Waals surface area contributed by atoms with Crippen LogP contribution in [0.15, 0.2) is 54.6 Å². The van der Waals surface area contributed by atoms with Crippen LogP contribution in [0.3, 0.4) is 0 Å². The van der Waals surface area contributed by atoms with E-state index in [1.54, 1.807) is 4.90 Å². The van der Waals surface area contributed by atoms with Crippen molar-refractivity contribution < 1.29 is 9.59 Å². The van der Waals surface area contributed by atoms with E-state index in [2.05, 4.69) is 5.32 Å². The number of hydrogen-bond acceptors (Lipinski definition) is 2. The number of para-hydroxylation sites is 1. The van der Waals surface area contributed by atoms with Crippen molar-refractivity contribution >= 4 is 17.5 Å². The van der Waals surface area contributed by atoms with Crippen molar-refractivity contribution in [2.45, 2.75) is 20.3 Å². The number of nitrogens with zero attached hydrogens (tertiary/aromatic N) is 1. The van der Waals surface area contributed by atoms with Crippen molar-refractivity contribution in [2.24, 2.45) is 0 Å². The smallest absolute Gasteiger partial charge is 0.244 e. The Morgan fingerprint density at radius 2 is 1.65 bits per heavy atom. The van der Waals surface area contributed by atoms with Crippen molar-refractivity contribution in [3.63, 3.8) is 0 Å². The Kier molecular flexibility index (Phi) is 5.92. The lowest BCUT2D eigenvalue weighted by Crippen LogP contribution is -2.38. The van der Waals surface area contributed by atoms with Gasteiger partial charge in [0, 0.05) is 19.2 Å². The van der Waals surface area contributed by atoms with Crippen LogP contribution in [0.1, 0.15) is 18.1 Å². The van der Waals surface area contributed by atoms with Crippen LogP contribution in [0.4, 0.5) is 5.69 Å². The van der Waals surface area contributed by atoms with Crippen molar-refractivity contribution in [3.8, 4) is 0 Å². The summed E-state index contributed by atoms with van der Waals surface area (Å²) in [4.78, 5) is 25.5. The Morgan fingerprint density at radius 1 is 1.00 bits per heavy atom. The number of rotatable bonds is 6. The monoisotopic (exact) mass is 310 g/mol. The predicted molar refractivity (Wildman–Crippen MR) is 92.2 cm³/mol. The van der Waals surface area contributed by atoms with Crippen molar-refractivity contribution in [1.82, 2.24) is 4.90 Å². The fourth-order valence-corrected chi connectivity index (χ4v) is 2.33. The molecule has 0 aromatic heterocycles. The molecule has 2 amide bonds. The number of anilines is 1. The Bertz CT molecular complexity index is 668. The molecule has 0 spiro atoms. The van der Waals surface area contributed by atoms with Crippen molar-refractivity contribution in [1.29, 1.82) is 0 Å². The predicted octanol–water partition coefficient (Wildman–Crippen LogP) is 3.02. The van der Waals surface area contributed by atoms with Gasteiger partial charge < -0.3 is 10.2 Å². The zero-order valence-electron chi connectivity index (χ0n) is 13.6. The molecule has 0 radical (unpaired) electrons. The van der Waals surface area contributed by atoms with E-state index in [0.717, 1.165) is 23.2 Å². The van der Waals surface area contributed by atoms with E-state index in [0.29, 0.717) is 6.54 Å². The van der Waals surface area contributed by atoms with Crippen LogP contribution in [0.2, 0.25) is 0 Å². The molecule has 0 fully saturated rings. The Hall–Kier alpha value is -2.62. The van der Waals surface area contributed by atoms with E-state index < -0.39 is 0 Å². The third-order valence-electron chi connectivity index (χ3n) is 3.71. The molecule has 0 aliphatic rings. The first-order chi connectivity index (χ1) is 11.1. The molecule has 0 atom stereocenters. The average molecular weight is 310 g/mol. The maximum Gasteiger partial charge on any atom is 0.244 e. The van der Waals surface area contributed by atoms with Gasteiger partial charge in [-0.3, -0.25) is 9.59 Å². The van der Waals surface area contributed by atoms with Gasteiger partial charge in [-0.25, -0.2) is 0 Å². The lowest BCUT2D eigenvalue weighted by Gasteiger charge is -2.21. The molecule has 1 N–H and O–H groups in total. The van der Waals surface area contributed by atoms with Crippen LogP contribution in [0.25, 0.3) is 0 Å². The highest BCUT2D eigenvalue weighted by molar-refractivity contribution is 5.94. The van der Waals surface area contributed by atoms with Crippen molar-refractivity contribution in [3.05, 3.63) is 65.7 Å². The highest BCUT2D eigenvalue weighted by Crippen LogP contribution is 2.13. The molecule has 2 aromatic carbocycles. The molecule has 2 aromatic rings. The first-order valence-corrected chi connectivity index (χ1v) is 7.71. The van der Waals surface area contributed by atoms with Gasteiger partial charge in [-0.2, -0.15) is 0 Å². The largest absolute Gasteiger partial charge is 0.333 e. The summed E-state index contributed by atoms with van der Waals surface area (Å²) in [5, 5.41) is 2.86. The lowest BCUT2D eigenvalue weighted by molar-refractivity contribution is -0.132. The van der Waals surface area contributed by atoms with Gasteiger partial charge in [-0.15, -0.1) is 0 Å². The van der Waals surface area contributed by atoms with Gasteiger partial charge in [0.1, 0.15) is 0 Å². The summed E-state index contributed by atoms with van der Waals surface area (Å²) in [6, 6.07) is 17.5. The summed E-state index contributed by atoms with van der Waals surface area (Å²) in [5.41, 5.74) is 2.93. The summed E-state index contributed by atoms with van der Waals surface area (Å²) in [7, 11) is 0. The second-order valence-electron chi connectivity index (χ2n) is 5.54. The minimum absolute atomic E-state index is 0.0660. The Balaban J connectivity index is 1.92. The lowest BCUT2D eigenvalue weighted by atomic mass is 10.1. The van der Waals surface area contributed by atoms with Gasteiger partial charge in [0.2, 0.25) is 11.8 Å². The number of carbonyl (C=O) groups excluding carboxylic acids is 2. The summed E-state index contributed by atoms with van der Waals surface area (Å²) in [6.45, 7) is 4.02. The first kappa shape index (κ1) is 16.7. The molecule has 2 rings (SSSR count). The van der Waals surface area contributed by atoms with Crippen LogP contribution in [0.5, 0.6) is 0 Å². The highest BCUT2D eigenvalue weighted by atomic mass is 16.2. The normalized spacial score (nSPS) is 10.2. The summed E-state index contributed by atoms with van der Waals surface area (Å²) in [6.07, 6.45) is 0.734. The van der Waals surface area contributed by atoms with E-state index in [1.165, 1.54) is 6.92 Å². The second-order valence-corrected chi connectivity index (χ2v) is 5.54. The van der Waals surface area contributed by atoms with Gasteiger partial charge in [0.05, 0.1) is 6.54 Å². The van der Waals surface area contributed by atoms with Gasteiger partial charge in [-0.05, 0) is 30.5 Å². The molecule has 0 bridgehead atoms. The highest BCUT2D eigenvalue weighted by Gasteiger charge is 2.14. The standard InChI is InChI=1S/C19H22N2O2/c1-15-8-6-7-11-18(15)20-19(23)14-21(16(2)22)13-12-17-9-4-3-5-10-17/h3-11H,12-14H2,1-2H3,(H,20,23). The molecule has 0 heterocycles. The molecular formula is C19H22N2O2. The van der Waals surface area contributed by atoms with E-state index >= 15 is 0 Å². The summed E-state index contributed by atoms with van der Waals surface area (Å²) in [5.74, 6) is -0.275. The van der Waals surface area contributed by atoms with Crippen LogP contribution >= 0.6 is 0 Å². The maximum atomic E-state index is 12.2. The number of amides is 2. The third kappa shape index (κ3) is 5.25. The SMILES string of the molecule is CC(=O)N(CCc1ccccc1)CC(=O)Nc1ccccc1C. The van der Waals surface area contributed by atoms with Gasteiger partial charge >= 0.3 is 0 Å². The van der Waals surface area contributed by atoms with Gasteiger partial charge in [0.25, 0.3) is 0 Å². The van der Waals surface area contributed by atoms with E-state index in [4.69, 9.17) is 0 Å². The topological polar surface area (TPSA) is 49.4 Å². The second kappa shape index (κ2) is 8.13. The third-order valence-corrected chi connectivity index (χ3v) is 3.71. The zero-order valence-corrected chi connectivity index (χ0v) is 13.6. The van der Waals surface area contributed by atoms with E-state index in [1.807, 2.05) is 61.5 Å². The van der Waals surface area contributed by atoms with Crippen molar-refractivity contribution in [2.75, 3.05) is 18.4 Å². The fourth-order valence-electron chi connectivity index (χ4n) is 2.33. The maximum absolute atomic E-state index is 12.2. The molecule has 4 nitrogen and oxygen atoms in total. The fraction of sp³-hybridized carbons (Fsp3) is 0.263. The van der Waals surface area contributed by atoms with Gasteiger partial charge in [0.15, 0.2) is 0 Å². The quantitative estimate of drug-likeness (QED) is 0.891. The molecule has 0 saturated heterocycles. The van der Waals surface area contributed by atoms with Crippen LogP contribution in [-0.2, 0) is 16.0 Å².